The molecule has 1 heterocycles. The van der Waals surface area contributed by atoms with Crippen LogP contribution < -0.4 is 0 Å². The van der Waals surface area contributed by atoms with Crippen molar-refractivity contribution >= 4 is 0 Å². The molecular weight excluding hydrogens is 152 g/mol. The van der Waals surface area contributed by atoms with Gasteiger partial charge >= 0.3 is 0 Å². The molecule has 1 atom stereocenters. The van der Waals surface area contributed by atoms with Gasteiger partial charge in [0.05, 0.1) is 0 Å². The van der Waals surface area contributed by atoms with Crippen LogP contribution >= 0.6 is 0 Å². The fourth-order valence-electron chi connectivity index (χ4n) is 1.69. The maximum atomic E-state index is 5.40. The normalized spacial score (nSPS) is 27.2. The third-order valence-corrected chi connectivity index (χ3v) is 2.31. The molecule has 2 nitrogen and oxygen atoms in total. The molecule has 12 heavy (non-hydrogen) atoms. The third-order valence-electron chi connectivity index (χ3n) is 2.31. The Morgan fingerprint density at radius 3 is 3.25 bits per heavy atom. The van der Waals surface area contributed by atoms with Crippen molar-refractivity contribution in [2.45, 2.75) is 32.3 Å². The van der Waals surface area contributed by atoms with E-state index in [0.29, 0.717) is 6.79 Å². The highest BCUT2D eigenvalue weighted by atomic mass is 16.7. The van der Waals surface area contributed by atoms with Crippen molar-refractivity contribution in [2.75, 3.05) is 6.79 Å². The first-order chi connectivity index (χ1) is 5.90. The molecule has 0 aromatic rings. The first-order valence-corrected chi connectivity index (χ1v) is 4.54. The van der Waals surface area contributed by atoms with E-state index in [0.717, 1.165) is 12.2 Å². The minimum atomic E-state index is 0.219. The van der Waals surface area contributed by atoms with Crippen LogP contribution in [-0.2, 0) is 9.47 Å². The van der Waals surface area contributed by atoms with E-state index in [-0.39, 0.29) is 6.10 Å². The smallest absolute Gasteiger partial charge is 0.189 e. The van der Waals surface area contributed by atoms with Gasteiger partial charge in [0.15, 0.2) is 6.79 Å². The fourth-order valence-corrected chi connectivity index (χ4v) is 1.69. The summed E-state index contributed by atoms with van der Waals surface area (Å²) in [6.45, 7) is 2.63. The Balaban J connectivity index is 2.05. The van der Waals surface area contributed by atoms with E-state index in [1.165, 1.54) is 18.4 Å². The van der Waals surface area contributed by atoms with E-state index in [4.69, 9.17) is 9.47 Å². The number of ether oxygens (including phenoxy) is 2. The average molecular weight is 166 g/mol. The Kier molecular flexibility index (Phi) is 2.17. The molecule has 1 aliphatic heterocycles. The molecule has 0 bridgehead atoms. The molecule has 1 saturated heterocycles. The molecule has 0 aromatic heterocycles. The van der Waals surface area contributed by atoms with Crippen molar-refractivity contribution in [2.24, 2.45) is 0 Å². The van der Waals surface area contributed by atoms with E-state index in [2.05, 4.69) is 13.0 Å². The zero-order valence-electron chi connectivity index (χ0n) is 7.38. The monoisotopic (exact) mass is 166 g/mol. The summed E-state index contributed by atoms with van der Waals surface area (Å²) in [4.78, 5) is 0. The van der Waals surface area contributed by atoms with Gasteiger partial charge in [-0.2, -0.15) is 0 Å². The van der Waals surface area contributed by atoms with Crippen molar-refractivity contribution in [3.05, 3.63) is 23.5 Å². The highest BCUT2D eigenvalue weighted by Gasteiger charge is 2.26. The maximum Gasteiger partial charge on any atom is 0.189 e. The lowest BCUT2D eigenvalue weighted by molar-refractivity contribution is 0.0499. The van der Waals surface area contributed by atoms with Gasteiger partial charge in [0.2, 0.25) is 0 Å². The van der Waals surface area contributed by atoms with Crippen molar-refractivity contribution < 1.29 is 9.47 Å². The van der Waals surface area contributed by atoms with Crippen LogP contribution in [0.3, 0.4) is 0 Å². The molecule has 0 N–H and O–H groups in total. The number of fused-ring (bicyclic) bond motifs is 1. The van der Waals surface area contributed by atoms with Gasteiger partial charge < -0.3 is 9.47 Å². The average Bonchev–Trinajstić information content (AvgIpc) is 2.51. The van der Waals surface area contributed by atoms with E-state index in [9.17, 15) is 0 Å². The Bertz CT molecular complexity index is 228. The minimum Gasteiger partial charge on any atom is -0.469 e. The highest BCUT2D eigenvalue weighted by Crippen LogP contribution is 2.29. The second-order valence-corrected chi connectivity index (χ2v) is 3.27. The van der Waals surface area contributed by atoms with Gasteiger partial charge in [0.25, 0.3) is 0 Å². The summed E-state index contributed by atoms with van der Waals surface area (Å²) < 4.78 is 10.7. The molecule has 0 saturated carbocycles. The van der Waals surface area contributed by atoms with Crippen LogP contribution in [0, 0.1) is 0 Å². The Morgan fingerprint density at radius 2 is 2.42 bits per heavy atom. The predicted molar refractivity (Wildman–Crippen MR) is 46.5 cm³/mol. The number of allylic oxidation sites excluding steroid dienone is 2. The van der Waals surface area contributed by atoms with Crippen LogP contribution in [-0.4, -0.2) is 12.9 Å². The van der Waals surface area contributed by atoms with Crippen LogP contribution in [0.2, 0.25) is 0 Å². The summed E-state index contributed by atoms with van der Waals surface area (Å²) in [6, 6.07) is 0. The van der Waals surface area contributed by atoms with Gasteiger partial charge in [0.1, 0.15) is 11.9 Å². The lowest BCUT2D eigenvalue weighted by Gasteiger charge is -2.15. The topological polar surface area (TPSA) is 18.5 Å². The van der Waals surface area contributed by atoms with Crippen LogP contribution in [0.5, 0.6) is 0 Å². The Hall–Kier alpha value is -0.760. The SMILES string of the molecule is CCCC1=CC=C2OCOC2C1. The summed E-state index contributed by atoms with van der Waals surface area (Å²) in [6.07, 6.45) is 7.86. The Labute approximate surface area is 72.9 Å². The van der Waals surface area contributed by atoms with Crippen LogP contribution in [0.15, 0.2) is 23.5 Å². The molecule has 0 amide bonds. The van der Waals surface area contributed by atoms with E-state index < -0.39 is 0 Å². The second-order valence-electron chi connectivity index (χ2n) is 3.27. The molecule has 1 fully saturated rings. The lowest BCUT2D eigenvalue weighted by Crippen LogP contribution is -2.11. The van der Waals surface area contributed by atoms with E-state index in [1.807, 2.05) is 6.08 Å². The molecule has 2 rings (SSSR count). The summed E-state index contributed by atoms with van der Waals surface area (Å²) in [7, 11) is 0. The highest BCUT2D eigenvalue weighted by molar-refractivity contribution is 5.25. The molecule has 0 aromatic carbocycles. The van der Waals surface area contributed by atoms with Gasteiger partial charge in [-0.1, -0.05) is 25.0 Å². The first-order valence-electron chi connectivity index (χ1n) is 4.54. The number of hydrogen-bond donors (Lipinski definition) is 0. The van der Waals surface area contributed by atoms with Crippen LogP contribution in [0.4, 0.5) is 0 Å². The predicted octanol–water partition coefficient (Wildman–Crippen LogP) is 2.37. The maximum absolute atomic E-state index is 5.40. The second kappa shape index (κ2) is 3.31. The first kappa shape index (κ1) is 7.87. The minimum absolute atomic E-state index is 0.219. The standard InChI is InChI=1S/C10H14O2/c1-2-3-8-4-5-9-10(6-8)12-7-11-9/h4-5,10H,2-3,6-7H2,1H3. The van der Waals surface area contributed by atoms with Gasteiger partial charge in [-0.25, -0.2) is 0 Å². The third kappa shape index (κ3) is 1.39. The molecule has 66 valence electrons. The summed E-state index contributed by atoms with van der Waals surface area (Å²) in [5.41, 5.74) is 1.48. The number of rotatable bonds is 2. The van der Waals surface area contributed by atoms with Gasteiger partial charge in [0, 0.05) is 6.42 Å². The van der Waals surface area contributed by atoms with Crippen LogP contribution in [0.25, 0.3) is 0 Å². The molecule has 1 unspecified atom stereocenters. The summed E-state index contributed by atoms with van der Waals surface area (Å²) >= 11 is 0. The van der Waals surface area contributed by atoms with Crippen LogP contribution in [0.1, 0.15) is 26.2 Å². The van der Waals surface area contributed by atoms with Crippen molar-refractivity contribution in [3.63, 3.8) is 0 Å². The molecule has 0 radical (unpaired) electrons. The fraction of sp³-hybridized carbons (Fsp3) is 0.600. The quantitative estimate of drug-likeness (QED) is 0.627. The summed E-state index contributed by atoms with van der Waals surface area (Å²) in [5.74, 6) is 1.01. The molecule has 1 aliphatic carbocycles. The summed E-state index contributed by atoms with van der Waals surface area (Å²) in [5, 5.41) is 0. The van der Waals surface area contributed by atoms with Gasteiger partial charge in [-0.15, -0.1) is 0 Å². The van der Waals surface area contributed by atoms with E-state index >= 15 is 0 Å². The van der Waals surface area contributed by atoms with Gasteiger partial charge in [-0.3, -0.25) is 0 Å². The largest absolute Gasteiger partial charge is 0.469 e. The molecule has 2 heteroatoms. The van der Waals surface area contributed by atoms with Crippen molar-refractivity contribution in [1.82, 2.24) is 0 Å². The lowest BCUT2D eigenvalue weighted by atomic mass is 9.98. The number of hydrogen-bond acceptors (Lipinski definition) is 2. The van der Waals surface area contributed by atoms with E-state index in [1.54, 1.807) is 0 Å². The van der Waals surface area contributed by atoms with Gasteiger partial charge in [-0.05, 0) is 12.5 Å². The zero-order chi connectivity index (χ0) is 8.39. The molecule has 2 aliphatic rings. The van der Waals surface area contributed by atoms with Crippen molar-refractivity contribution in [1.29, 1.82) is 0 Å². The molecular formula is C10H14O2. The van der Waals surface area contributed by atoms with Crippen molar-refractivity contribution in [3.8, 4) is 0 Å². The molecule has 0 spiro atoms. The Morgan fingerprint density at radius 1 is 1.50 bits per heavy atom. The zero-order valence-corrected chi connectivity index (χ0v) is 7.38.